The van der Waals surface area contributed by atoms with Crippen molar-refractivity contribution in [1.29, 1.82) is 0 Å². The summed E-state index contributed by atoms with van der Waals surface area (Å²) in [6.45, 7) is 0. The van der Waals surface area contributed by atoms with Gasteiger partial charge in [-0.05, 0) is 24.3 Å². The Bertz CT molecular complexity index is 941. The molecular weight excluding hydrogens is 378 g/mol. The molecule has 0 spiro atoms. The Morgan fingerprint density at radius 1 is 1.08 bits per heavy atom. The van der Waals surface area contributed by atoms with E-state index in [0.29, 0.717) is 10.7 Å². The van der Waals surface area contributed by atoms with Crippen LogP contribution in [0.5, 0.6) is 5.95 Å². The van der Waals surface area contributed by atoms with Crippen molar-refractivity contribution in [2.45, 2.75) is 0 Å². The van der Waals surface area contributed by atoms with Gasteiger partial charge in [-0.25, -0.2) is 9.37 Å². The Labute approximate surface area is 151 Å². The predicted octanol–water partition coefficient (Wildman–Crippen LogP) is 5.90. The van der Waals surface area contributed by atoms with E-state index in [1.165, 1.54) is 36.5 Å². The van der Waals surface area contributed by atoms with Gasteiger partial charge >= 0.3 is 5.95 Å². The van der Waals surface area contributed by atoms with E-state index in [-0.39, 0.29) is 27.2 Å². The van der Waals surface area contributed by atoms with E-state index in [0.717, 1.165) is 0 Å². The summed E-state index contributed by atoms with van der Waals surface area (Å²) in [6, 6.07) is 8.83. The number of oxazole rings is 1. The summed E-state index contributed by atoms with van der Waals surface area (Å²) in [4.78, 5) is 8.11. The van der Waals surface area contributed by atoms with Gasteiger partial charge in [-0.3, -0.25) is 4.99 Å². The fourth-order valence-corrected chi connectivity index (χ4v) is 2.49. The third kappa shape index (κ3) is 3.38. The van der Waals surface area contributed by atoms with Crippen molar-refractivity contribution in [3.8, 4) is 17.4 Å². The molecule has 8 heteroatoms. The lowest BCUT2D eigenvalue weighted by molar-refractivity contribution is 0.336. The van der Waals surface area contributed by atoms with E-state index >= 15 is 0 Å². The highest BCUT2D eigenvalue weighted by Gasteiger charge is 2.15. The SMILES string of the molecule is Oc1oc(-c2ccccc2F)nc1C=Nc1cc(Cl)c(Cl)cc1Cl. The van der Waals surface area contributed by atoms with Crippen molar-refractivity contribution in [2.75, 3.05) is 0 Å². The number of hydrogen-bond acceptors (Lipinski definition) is 4. The summed E-state index contributed by atoms with van der Waals surface area (Å²) in [5.41, 5.74) is 0.483. The molecule has 1 N–H and O–H groups in total. The summed E-state index contributed by atoms with van der Waals surface area (Å²) in [5, 5.41) is 10.7. The van der Waals surface area contributed by atoms with Crippen LogP contribution in [0.25, 0.3) is 11.5 Å². The van der Waals surface area contributed by atoms with Crippen molar-refractivity contribution in [3.63, 3.8) is 0 Å². The van der Waals surface area contributed by atoms with E-state index in [1.54, 1.807) is 6.07 Å². The van der Waals surface area contributed by atoms with E-state index in [4.69, 9.17) is 39.2 Å². The largest absolute Gasteiger partial charge is 0.479 e. The maximum absolute atomic E-state index is 13.7. The van der Waals surface area contributed by atoms with Crippen LogP contribution in [0, 0.1) is 5.82 Å². The zero-order chi connectivity index (χ0) is 17.3. The fourth-order valence-electron chi connectivity index (χ4n) is 1.90. The lowest BCUT2D eigenvalue weighted by Gasteiger charge is -2.00. The molecule has 0 fully saturated rings. The van der Waals surface area contributed by atoms with E-state index in [1.807, 2.05) is 0 Å². The summed E-state index contributed by atoms with van der Waals surface area (Å²) in [6.07, 6.45) is 1.23. The van der Waals surface area contributed by atoms with E-state index in [9.17, 15) is 9.50 Å². The van der Waals surface area contributed by atoms with Crippen molar-refractivity contribution in [1.82, 2.24) is 4.98 Å². The molecule has 0 saturated heterocycles. The minimum Gasteiger partial charge on any atom is -0.479 e. The highest BCUT2D eigenvalue weighted by Crippen LogP contribution is 2.34. The maximum Gasteiger partial charge on any atom is 0.312 e. The molecule has 0 atom stereocenters. The predicted molar refractivity (Wildman–Crippen MR) is 92.3 cm³/mol. The summed E-state index contributed by atoms with van der Waals surface area (Å²) in [5.74, 6) is -1.07. The van der Waals surface area contributed by atoms with Crippen LogP contribution < -0.4 is 0 Å². The number of halogens is 4. The van der Waals surface area contributed by atoms with Gasteiger partial charge in [-0.2, -0.15) is 0 Å². The Kier molecular flexibility index (Phi) is 4.76. The Balaban J connectivity index is 1.95. The number of aromatic hydroxyl groups is 1. The first-order valence-corrected chi connectivity index (χ1v) is 7.72. The van der Waals surface area contributed by atoms with Gasteiger partial charge in [-0.15, -0.1) is 0 Å². The van der Waals surface area contributed by atoms with Crippen LogP contribution in [0.1, 0.15) is 5.69 Å². The van der Waals surface area contributed by atoms with Crippen LogP contribution in [0.4, 0.5) is 10.1 Å². The van der Waals surface area contributed by atoms with Gasteiger partial charge in [0.2, 0.25) is 5.89 Å². The molecule has 4 nitrogen and oxygen atoms in total. The average molecular weight is 386 g/mol. The molecule has 3 aromatic rings. The van der Waals surface area contributed by atoms with Gasteiger partial charge in [0, 0.05) is 0 Å². The molecule has 2 aromatic carbocycles. The van der Waals surface area contributed by atoms with Crippen molar-refractivity contribution < 1.29 is 13.9 Å². The van der Waals surface area contributed by atoms with Crippen LogP contribution in [-0.4, -0.2) is 16.3 Å². The summed E-state index contributed by atoms with van der Waals surface area (Å²) >= 11 is 17.8. The second-order valence-electron chi connectivity index (χ2n) is 4.67. The third-order valence-corrected chi connectivity index (χ3v) is 4.08. The van der Waals surface area contributed by atoms with Crippen LogP contribution >= 0.6 is 34.8 Å². The molecule has 1 heterocycles. The average Bonchev–Trinajstić information content (AvgIpc) is 2.91. The Morgan fingerprint density at radius 2 is 1.79 bits per heavy atom. The van der Waals surface area contributed by atoms with Gasteiger partial charge < -0.3 is 9.52 Å². The van der Waals surface area contributed by atoms with Gasteiger partial charge in [0.1, 0.15) is 5.82 Å². The number of aromatic nitrogens is 1. The molecule has 0 aliphatic rings. The third-order valence-electron chi connectivity index (χ3n) is 3.05. The molecule has 3 rings (SSSR count). The van der Waals surface area contributed by atoms with Crippen LogP contribution in [0.15, 0.2) is 45.8 Å². The maximum atomic E-state index is 13.7. The molecule has 0 radical (unpaired) electrons. The number of nitrogens with zero attached hydrogens (tertiary/aromatic N) is 2. The Hall–Kier alpha value is -2.08. The summed E-state index contributed by atoms with van der Waals surface area (Å²) < 4.78 is 18.8. The summed E-state index contributed by atoms with van der Waals surface area (Å²) in [7, 11) is 0. The minimum atomic E-state index is -0.519. The number of benzene rings is 2. The molecule has 0 amide bonds. The first-order valence-electron chi connectivity index (χ1n) is 6.59. The van der Waals surface area contributed by atoms with Crippen LogP contribution in [0.2, 0.25) is 15.1 Å². The Morgan fingerprint density at radius 3 is 2.54 bits per heavy atom. The quantitative estimate of drug-likeness (QED) is 0.451. The fraction of sp³-hybridized carbons (Fsp3) is 0. The standard InChI is InChI=1S/C16H8Cl3FN2O2/c17-9-5-11(19)13(6-10(9)18)21-7-14-16(23)24-15(22-14)8-3-1-2-4-12(8)20/h1-7,23H. The number of rotatable bonds is 3. The first kappa shape index (κ1) is 16.8. The minimum absolute atomic E-state index is 0.0235. The second-order valence-corrected chi connectivity index (χ2v) is 5.89. The van der Waals surface area contributed by atoms with Crippen LogP contribution in [-0.2, 0) is 0 Å². The molecule has 0 saturated carbocycles. The lowest BCUT2D eigenvalue weighted by Crippen LogP contribution is -1.85. The van der Waals surface area contributed by atoms with E-state index < -0.39 is 11.8 Å². The molecular formula is C16H8Cl3FN2O2. The van der Waals surface area contributed by atoms with Crippen LogP contribution in [0.3, 0.4) is 0 Å². The highest BCUT2D eigenvalue weighted by atomic mass is 35.5. The number of aliphatic imine (C=N–C) groups is 1. The topological polar surface area (TPSA) is 58.6 Å². The molecule has 24 heavy (non-hydrogen) atoms. The number of hydrogen-bond donors (Lipinski definition) is 1. The van der Waals surface area contributed by atoms with Gasteiger partial charge in [0.05, 0.1) is 32.5 Å². The highest BCUT2D eigenvalue weighted by molar-refractivity contribution is 6.43. The molecule has 122 valence electrons. The molecule has 0 aliphatic carbocycles. The van der Waals surface area contributed by atoms with Gasteiger partial charge in [-0.1, -0.05) is 46.9 Å². The monoisotopic (exact) mass is 384 g/mol. The molecule has 0 aliphatic heterocycles. The van der Waals surface area contributed by atoms with Crippen molar-refractivity contribution in [3.05, 3.63) is 63.0 Å². The van der Waals surface area contributed by atoms with Gasteiger partial charge in [0.15, 0.2) is 5.69 Å². The zero-order valence-electron chi connectivity index (χ0n) is 11.8. The van der Waals surface area contributed by atoms with E-state index in [2.05, 4.69) is 9.98 Å². The smallest absolute Gasteiger partial charge is 0.312 e. The molecule has 1 aromatic heterocycles. The zero-order valence-corrected chi connectivity index (χ0v) is 14.1. The molecule has 0 bridgehead atoms. The second kappa shape index (κ2) is 6.81. The van der Waals surface area contributed by atoms with Crippen molar-refractivity contribution >= 4 is 46.7 Å². The lowest BCUT2D eigenvalue weighted by atomic mass is 10.2. The van der Waals surface area contributed by atoms with Gasteiger partial charge in [0.25, 0.3) is 0 Å². The molecule has 0 unspecified atom stereocenters. The normalized spacial score (nSPS) is 11.3. The van der Waals surface area contributed by atoms with Crippen molar-refractivity contribution in [2.24, 2.45) is 4.99 Å². The first-order chi connectivity index (χ1) is 11.5.